The van der Waals surface area contributed by atoms with Gasteiger partial charge in [-0.1, -0.05) is 24.1 Å². The normalized spacial score (nSPS) is 10.8. The van der Waals surface area contributed by atoms with Crippen LogP contribution in [0.2, 0.25) is 0 Å². The number of benzene rings is 2. The molecule has 0 spiro atoms. The fourth-order valence-electron chi connectivity index (χ4n) is 2.78. The molecule has 2 aromatic carbocycles. The number of hydrogen-bond acceptors (Lipinski definition) is 4. The van der Waals surface area contributed by atoms with Crippen LogP contribution >= 0.6 is 0 Å². The van der Waals surface area contributed by atoms with Gasteiger partial charge in [-0.3, -0.25) is 9.79 Å². The summed E-state index contributed by atoms with van der Waals surface area (Å²) in [7, 11) is 3.33. The number of guanidine groups is 1. The molecule has 0 saturated carbocycles. The number of hydrogen-bond donors (Lipinski definition) is 3. The van der Waals surface area contributed by atoms with Crippen LogP contribution in [0.4, 0.5) is 5.69 Å². The molecule has 7 heteroatoms. The van der Waals surface area contributed by atoms with Crippen LogP contribution in [-0.4, -0.2) is 45.8 Å². The van der Waals surface area contributed by atoms with E-state index in [1.54, 1.807) is 38.4 Å². The van der Waals surface area contributed by atoms with Crippen molar-refractivity contribution in [3.05, 3.63) is 59.2 Å². The van der Waals surface area contributed by atoms with Crippen LogP contribution in [0.25, 0.3) is 0 Å². The molecule has 1 amide bonds. The summed E-state index contributed by atoms with van der Waals surface area (Å²) in [6.45, 7) is 3.83. The molecule has 0 aliphatic heterocycles. The largest absolute Gasteiger partial charge is 0.493 e. The average molecular weight is 423 g/mol. The monoisotopic (exact) mass is 422 g/mol. The standard InChI is InChI=1S/C24H30N4O3/c1-5-19-8-6-9-21(15-19)28-23(29)17-27-24(25-3)26-16-20-11-10-18(2)14-22(20)31-13-7-12-30-4/h1,6,8-11,14-15H,7,12-13,16-17H2,2-4H3,(H,28,29)(H2,25,26,27). The van der Waals surface area contributed by atoms with Crippen molar-refractivity contribution in [1.29, 1.82) is 0 Å². The lowest BCUT2D eigenvalue weighted by Crippen LogP contribution is -2.41. The predicted molar refractivity (Wildman–Crippen MR) is 124 cm³/mol. The number of ether oxygens (including phenoxy) is 2. The molecule has 0 aromatic heterocycles. The summed E-state index contributed by atoms with van der Waals surface area (Å²) in [5, 5.41) is 9.03. The van der Waals surface area contributed by atoms with Crippen LogP contribution in [0.15, 0.2) is 47.5 Å². The highest BCUT2D eigenvalue weighted by molar-refractivity contribution is 5.95. The molecule has 7 nitrogen and oxygen atoms in total. The molecule has 0 atom stereocenters. The Labute approximate surface area is 184 Å². The number of nitrogens with one attached hydrogen (secondary N) is 3. The van der Waals surface area contributed by atoms with E-state index in [1.165, 1.54) is 0 Å². The molecule has 2 rings (SSSR count). The van der Waals surface area contributed by atoms with E-state index in [1.807, 2.05) is 25.1 Å². The summed E-state index contributed by atoms with van der Waals surface area (Å²) in [5.74, 6) is 3.68. The SMILES string of the molecule is C#Cc1cccc(NC(=O)CNC(=NC)NCc2ccc(C)cc2OCCCOC)c1. The minimum atomic E-state index is -0.199. The van der Waals surface area contributed by atoms with Crippen LogP contribution in [-0.2, 0) is 16.1 Å². The van der Waals surface area contributed by atoms with E-state index < -0.39 is 0 Å². The number of carbonyl (C=O) groups excluding carboxylic acids is 1. The average Bonchev–Trinajstić information content (AvgIpc) is 2.78. The Kier molecular flexibility index (Phi) is 9.92. The predicted octanol–water partition coefficient (Wildman–Crippen LogP) is 2.70. The van der Waals surface area contributed by atoms with Crippen molar-refractivity contribution in [3.63, 3.8) is 0 Å². The van der Waals surface area contributed by atoms with Crippen LogP contribution < -0.4 is 20.7 Å². The van der Waals surface area contributed by atoms with Gasteiger partial charge in [0.2, 0.25) is 5.91 Å². The van der Waals surface area contributed by atoms with E-state index in [9.17, 15) is 4.79 Å². The Morgan fingerprint density at radius 3 is 2.74 bits per heavy atom. The number of anilines is 1. The van der Waals surface area contributed by atoms with Gasteiger partial charge in [0.15, 0.2) is 5.96 Å². The smallest absolute Gasteiger partial charge is 0.243 e. The van der Waals surface area contributed by atoms with Gasteiger partial charge >= 0.3 is 0 Å². The maximum absolute atomic E-state index is 12.2. The fraction of sp³-hybridized carbons (Fsp3) is 0.333. The molecule has 0 fully saturated rings. The highest BCUT2D eigenvalue weighted by Crippen LogP contribution is 2.20. The van der Waals surface area contributed by atoms with Crippen molar-refractivity contribution >= 4 is 17.6 Å². The molecule has 31 heavy (non-hydrogen) atoms. The molecule has 3 N–H and O–H groups in total. The second-order valence-electron chi connectivity index (χ2n) is 6.86. The first-order valence-corrected chi connectivity index (χ1v) is 10.1. The van der Waals surface area contributed by atoms with Gasteiger partial charge in [-0.05, 0) is 36.8 Å². The topological polar surface area (TPSA) is 84.0 Å². The minimum Gasteiger partial charge on any atom is -0.493 e. The van der Waals surface area contributed by atoms with Gasteiger partial charge in [-0.15, -0.1) is 6.42 Å². The van der Waals surface area contributed by atoms with Crippen molar-refractivity contribution in [2.45, 2.75) is 19.9 Å². The molecule has 0 saturated heterocycles. The molecule has 0 radical (unpaired) electrons. The summed E-state index contributed by atoms with van der Waals surface area (Å²) in [4.78, 5) is 16.4. The maximum atomic E-state index is 12.2. The molecule has 0 heterocycles. The third kappa shape index (κ3) is 8.41. The summed E-state index contributed by atoms with van der Waals surface area (Å²) in [6.07, 6.45) is 6.21. The van der Waals surface area contributed by atoms with Crippen LogP contribution in [0.3, 0.4) is 0 Å². The first-order chi connectivity index (χ1) is 15.0. The second kappa shape index (κ2) is 12.9. The van der Waals surface area contributed by atoms with E-state index >= 15 is 0 Å². The molecular formula is C24H30N4O3. The number of carbonyl (C=O) groups is 1. The number of aliphatic imine (C=N–C) groups is 1. The highest BCUT2D eigenvalue weighted by atomic mass is 16.5. The lowest BCUT2D eigenvalue weighted by Gasteiger charge is -2.15. The van der Waals surface area contributed by atoms with Crippen LogP contribution in [0, 0.1) is 19.3 Å². The molecule has 0 bridgehead atoms. The Bertz CT molecular complexity index is 935. The van der Waals surface area contributed by atoms with Gasteiger partial charge in [-0.2, -0.15) is 0 Å². The van der Waals surface area contributed by atoms with E-state index in [4.69, 9.17) is 15.9 Å². The third-order valence-electron chi connectivity index (χ3n) is 4.37. The van der Waals surface area contributed by atoms with Gasteiger partial charge in [0.1, 0.15) is 5.75 Å². The fourth-order valence-corrected chi connectivity index (χ4v) is 2.78. The molecule has 0 aliphatic carbocycles. The number of terminal acetylenes is 1. The molecule has 164 valence electrons. The van der Waals surface area contributed by atoms with E-state index in [0.29, 0.717) is 37.0 Å². The zero-order valence-electron chi connectivity index (χ0n) is 18.3. The van der Waals surface area contributed by atoms with Gasteiger partial charge in [0.25, 0.3) is 0 Å². The molecule has 0 aliphatic rings. The van der Waals surface area contributed by atoms with Gasteiger partial charge < -0.3 is 25.4 Å². The zero-order valence-corrected chi connectivity index (χ0v) is 18.3. The number of rotatable bonds is 10. The number of aryl methyl sites for hydroxylation is 1. The van der Waals surface area contributed by atoms with E-state index in [0.717, 1.165) is 23.3 Å². The Balaban J connectivity index is 1.86. The lowest BCUT2D eigenvalue weighted by atomic mass is 10.1. The van der Waals surface area contributed by atoms with E-state index in [-0.39, 0.29) is 12.5 Å². The van der Waals surface area contributed by atoms with Crippen molar-refractivity contribution < 1.29 is 14.3 Å². The number of amides is 1. The zero-order chi connectivity index (χ0) is 22.5. The molecular weight excluding hydrogens is 392 g/mol. The Hall–Kier alpha value is -3.50. The van der Waals surface area contributed by atoms with Gasteiger partial charge in [-0.25, -0.2) is 0 Å². The van der Waals surface area contributed by atoms with Gasteiger partial charge in [0.05, 0.1) is 13.2 Å². The quantitative estimate of drug-likeness (QED) is 0.237. The summed E-state index contributed by atoms with van der Waals surface area (Å²) >= 11 is 0. The molecule has 0 unspecified atom stereocenters. The van der Waals surface area contributed by atoms with Crippen molar-refractivity contribution in [1.82, 2.24) is 10.6 Å². The summed E-state index contributed by atoms with van der Waals surface area (Å²) in [6, 6.07) is 13.2. The Morgan fingerprint density at radius 1 is 1.16 bits per heavy atom. The first-order valence-electron chi connectivity index (χ1n) is 10.1. The molecule has 2 aromatic rings. The first kappa shape index (κ1) is 23.8. The number of methoxy groups -OCH3 is 1. The van der Waals surface area contributed by atoms with E-state index in [2.05, 4.69) is 26.9 Å². The minimum absolute atomic E-state index is 0.0637. The maximum Gasteiger partial charge on any atom is 0.243 e. The van der Waals surface area contributed by atoms with Crippen molar-refractivity contribution in [2.24, 2.45) is 4.99 Å². The Morgan fingerprint density at radius 2 is 2.00 bits per heavy atom. The van der Waals surface area contributed by atoms with Crippen LogP contribution in [0.1, 0.15) is 23.1 Å². The second-order valence-corrected chi connectivity index (χ2v) is 6.86. The third-order valence-corrected chi connectivity index (χ3v) is 4.37. The highest BCUT2D eigenvalue weighted by Gasteiger charge is 2.08. The number of nitrogens with zero attached hydrogens (tertiary/aromatic N) is 1. The van der Waals surface area contributed by atoms with Crippen molar-refractivity contribution in [2.75, 3.05) is 39.2 Å². The lowest BCUT2D eigenvalue weighted by molar-refractivity contribution is -0.115. The summed E-state index contributed by atoms with van der Waals surface area (Å²) < 4.78 is 11.0. The van der Waals surface area contributed by atoms with Gasteiger partial charge in [0, 0.05) is 50.5 Å². The summed E-state index contributed by atoms with van der Waals surface area (Å²) in [5.41, 5.74) is 3.49. The van der Waals surface area contributed by atoms with Crippen molar-refractivity contribution in [3.8, 4) is 18.1 Å². The van der Waals surface area contributed by atoms with Crippen LogP contribution in [0.5, 0.6) is 5.75 Å².